The molecule has 2 nitrogen and oxygen atoms in total. The van der Waals surface area contributed by atoms with Gasteiger partial charge in [0.2, 0.25) is 0 Å². The Balaban J connectivity index is 4.01. The lowest BCUT2D eigenvalue weighted by atomic mass is 10.2. The molecule has 0 spiro atoms. The normalized spacial score (nSPS) is 11.1. The first-order valence-electron chi connectivity index (χ1n) is 2.44. The van der Waals surface area contributed by atoms with E-state index in [4.69, 9.17) is 0 Å². The van der Waals surface area contributed by atoms with Crippen molar-refractivity contribution in [2.75, 3.05) is 5.33 Å². The average Bonchev–Trinajstić information content (AvgIpc) is 1.87. The van der Waals surface area contributed by atoms with E-state index in [-0.39, 0.29) is 5.78 Å². The fourth-order valence-electron chi connectivity index (χ4n) is 0.314. The van der Waals surface area contributed by atoms with Crippen LogP contribution in [-0.4, -0.2) is 17.8 Å². The monoisotopic (exact) mass is 189 g/mol. The molecule has 0 fully saturated rings. The van der Waals surface area contributed by atoms with Crippen molar-refractivity contribution in [1.29, 1.82) is 0 Å². The zero-order valence-electron chi connectivity index (χ0n) is 5.22. The summed E-state index contributed by atoms with van der Waals surface area (Å²) in [6, 6.07) is 0. The minimum Gasteiger partial charge on any atom is -0.294 e. The van der Waals surface area contributed by atoms with Gasteiger partial charge < -0.3 is 0 Å². The second-order valence-electron chi connectivity index (χ2n) is 1.55. The molecule has 50 valence electrons. The first kappa shape index (κ1) is 8.56. The van der Waals surface area contributed by atoms with E-state index >= 15 is 0 Å². The largest absolute Gasteiger partial charge is 0.294 e. The Labute approximate surface area is 62.8 Å². The van der Waals surface area contributed by atoms with Crippen LogP contribution in [0.25, 0.3) is 0 Å². The molecule has 0 aromatic carbocycles. The molecule has 0 saturated heterocycles. The van der Waals surface area contributed by atoms with Gasteiger partial charge in [-0.15, -0.1) is 0 Å². The summed E-state index contributed by atoms with van der Waals surface area (Å²) in [5.41, 5.74) is 0.627. The molecule has 0 bridgehead atoms. The first-order valence-corrected chi connectivity index (χ1v) is 3.56. The highest BCUT2D eigenvalue weighted by atomic mass is 79.9. The summed E-state index contributed by atoms with van der Waals surface area (Å²) < 4.78 is 0. The van der Waals surface area contributed by atoms with Crippen molar-refractivity contribution in [3.05, 3.63) is 11.8 Å². The molecule has 0 N–H and O–H groups in total. The molecule has 0 unspecified atom stereocenters. The van der Waals surface area contributed by atoms with Crippen molar-refractivity contribution in [3.8, 4) is 0 Å². The Morgan fingerprint density at radius 2 is 2.44 bits per heavy atom. The van der Waals surface area contributed by atoms with E-state index in [1.54, 1.807) is 6.92 Å². The number of nitrogens with zero attached hydrogens (tertiary/aromatic N) is 1. The molecule has 3 heteroatoms. The Hall–Kier alpha value is -0.440. The number of carbonyl (C=O) groups is 1. The molecule has 0 amide bonds. The van der Waals surface area contributed by atoms with Crippen LogP contribution in [0.2, 0.25) is 0 Å². The maximum Gasteiger partial charge on any atom is 0.170 e. The van der Waals surface area contributed by atoms with Crippen LogP contribution in [0.3, 0.4) is 0 Å². The van der Waals surface area contributed by atoms with Crippen LogP contribution >= 0.6 is 15.9 Å². The third kappa shape index (κ3) is 3.19. The van der Waals surface area contributed by atoms with E-state index in [0.29, 0.717) is 10.9 Å². The van der Waals surface area contributed by atoms with Gasteiger partial charge in [0.25, 0.3) is 0 Å². The summed E-state index contributed by atoms with van der Waals surface area (Å²) in [6.45, 7) is 4.93. The van der Waals surface area contributed by atoms with Crippen LogP contribution in [0.5, 0.6) is 0 Å². The molecular formula is C6H8BrNO. The topological polar surface area (TPSA) is 29.4 Å². The summed E-state index contributed by atoms with van der Waals surface area (Å²) in [4.78, 5) is 14.1. The van der Waals surface area contributed by atoms with Crippen molar-refractivity contribution >= 4 is 28.4 Å². The number of rotatable bonds is 3. The van der Waals surface area contributed by atoms with E-state index in [9.17, 15) is 4.79 Å². The summed E-state index contributed by atoms with van der Waals surface area (Å²) in [6.07, 6.45) is 1.45. The lowest BCUT2D eigenvalue weighted by Gasteiger charge is -1.90. The summed E-state index contributed by atoms with van der Waals surface area (Å²) in [5, 5.41) is 0.352. The second kappa shape index (κ2) is 4.44. The number of carbonyl (C=O) groups excluding carboxylic acids is 1. The van der Waals surface area contributed by atoms with Crippen LogP contribution in [0.15, 0.2) is 16.8 Å². The standard InChI is InChI=1S/C6H8BrNO/c1-5(4-8-2)6(9)3-7/h4H,2-3H2,1H3/b5-4-. The van der Waals surface area contributed by atoms with Crippen molar-refractivity contribution in [2.24, 2.45) is 4.99 Å². The van der Waals surface area contributed by atoms with Gasteiger partial charge in [0, 0.05) is 11.8 Å². The van der Waals surface area contributed by atoms with Crippen molar-refractivity contribution in [1.82, 2.24) is 0 Å². The van der Waals surface area contributed by atoms with Gasteiger partial charge in [0.15, 0.2) is 5.78 Å². The number of hydrogen-bond donors (Lipinski definition) is 0. The van der Waals surface area contributed by atoms with E-state index in [1.807, 2.05) is 0 Å². The van der Waals surface area contributed by atoms with E-state index in [1.165, 1.54) is 6.20 Å². The molecular weight excluding hydrogens is 182 g/mol. The van der Waals surface area contributed by atoms with E-state index in [2.05, 4.69) is 27.6 Å². The lowest BCUT2D eigenvalue weighted by molar-refractivity contribution is -0.113. The Kier molecular flexibility index (Phi) is 4.22. The zero-order valence-corrected chi connectivity index (χ0v) is 6.81. The number of ketones is 1. The predicted molar refractivity (Wildman–Crippen MR) is 42.1 cm³/mol. The maximum atomic E-state index is 10.7. The van der Waals surface area contributed by atoms with Gasteiger partial charge in [0.1, 0.15) is 0 Å². The van der Waals surface area contributed by atoms with Crippen molar-refractivity contribution < 1.29 is 4.79 Å². The maximum absolute atomic E-state index is 10.7. The predicted octanol–water partition coefficient (Wildman–Crippen LogP) is 1.55. The average molecular weight is 190 g/mol. The Morgan fingerprint density at radius 3 is 2.78 bits per heavy atom. The molecule has 9 heavy (non-hydrogen) atoms. The summed E-state index contributed by atoms with van der Waals surface area (Å²) in [7, 11) is 0. The first-order chi connectivity index (χ1) is 4.22. The highest BCUT2D eigenvalue weighted by Crippen LogP contribution is 1.96. The number of alkyl halides is 1. The van der Waals surface area contributed by atoms with Crippen LogP contribution in [0.4, 0.5) is 0 Å². The van der Waals surface area contributed by atoms with Crippen LogP contribution < -0.4 is 0 Å². The van der Waals surface area contributed by atoms with Crippen LogP contribution in [-0.2, 0) is 4.79 Å². The third-order valence-electron chi connectivity index (χ3n) is 0.846. The molecule has 0 aliphatic carbocycles. The summed E-state index contributed by atoms with van der Waals surface area (Å²) >= 11 is 3.03. The SMILES string of the molecule is C=N/C=C(/C)C(=O)CBr. The quantitative estimate of drug-likeness (QED) is 0.377. The molecule has 0 aliphatic heterocycles. The highest BCUT2D eigenvalue weighted by Gasteiger charge is 1.98. The van der Waals surface area contributed by atoms with Gasteiger partial charge in [-0.25, -0.2) is 0 Å². The fraction of sp³-hybridized carbons (Fsp3) is 0.333. The molecule has 0 atom stereocenters. The minimum absolute atomic E-state index is 0.0439. The Morgan fingerprint density at radius 1 is 1.89 bits per heavy atom. The summed E-state index contributed by atoms with van der Waals surface area (Å²) in [5.74, 6) is 0.0439. The molecule has 0 aliphatic rings. The van der Waals surface area contributed by atoms with Gasteiger partial charge in [-0.1, -0.05) is 15.9 Å². The number of halogens is 1. The highest BCUT2D eigenvalue weighted by molar-refractivity contribution is 9.09. The van der Waals surface area contributed by atoms with Crippen LogP contribution in [0.1, 0.15) is 6.92 Å². The van der Waals surface area contributed by atoms with E-state index < -0.39 is 0 Å². The van der Waals surface area contributed by atoms with Gasteiger partial charge in [-0.2, -0.15) is 0 Å². The fourth-order valence-corrected chi connectivity index (χ4v) is 0.757. The second-order valence-corrected chi connectivity index (χ2v) is 2.11. The van der Waals surface area contributed by atoms with Gasteiger partial charge >= 0.3 is 0 Å². The number of hydrogen-bond acceptors (Lipinski definition) is 2. The van der Waals surface area contributed by atoms with Crippen molar-refractivity contribution in [2.45, 2.75) is 6.92 Å². The number of Topliss-reactive ketones (excluding diaryl/α,β-unsaturated/α-hetero) is 1. The number of allylic oxidation sites excluding steroid dienone is 1. The van der Waals surface area contributed by atoms with Crippen LogP contribution in [0, 0.1) is 0 Å². The molecule has 0 aromatic heterocycles. The number of aliphatic imine (C=N–C) groups is 1. The zero-order chi connectivity index (χ0) is 7.28. The third-order valence-corrected chi connectivity index (χ3v) is 1.36. The molecule has 0 radical (unpaired) electrons. The molecule has 0 rings (SSSR count). The van der Waals surface area contributed by atoms with Gasteiger partial charge in [-0.3, -0.25) is 9.79 Å². The van der Waals surface area contributed by atoms with Crippen molar-refractivity contribution in [3.63, 3.8) is 0 Å². The van der Waals surface area contributed by atoms with E-state index in [0.717, 1.165) is 0 Å². The molecule has 0 heterocycles. The molecule has 0 aromatic rings. The van der Waals surface area contributed by atoms with Gasteiger partial charge in [0.05, 0.1) is 5.33 Å². The smallest absolute Gasteiger partial charge is 0.170 e. The molecule has 0 saturated carbocycles. The lowest BCUT2D eigenvalue weighted by Crippen LogP contribution is -1.98. The van der Waals surface area contributed by atoms with Gasteiger partial charge in [-0.05, 0) is 13.6 Å². The Bertz CT molecular complexity index is 151. The minimum atomic E-state index is 0.0439.